The van der Waals surface area contributed by atoms with Crippen molar-refractivity contribution in [2.45, 2.75) is 57.0 Å². The molecule has 2 fully saturated rings. The van der Waals surface area contributed by atoms with E-state index in [2.05, 4.69) is 3.27 Å². The number of hydrogen-bond donors (Lipinski definition) is 0. The molecule has 134 valence electrons. The Hall–Kier alpha value is -0.311. The van der Waals surface area contributed by atoms with Crippen LogP contribution >= 0.6 is 0 Å². The summed E-state index contributed by atoms with van der Waals surface area (Å²) in [6, 6.07) is 0. The molecule has 0 spiro atoms. The molecule has 23 heavy (non-hydrogen) atoms. The molecule has 0 radical (unpaired) electrons. The van der Waals surface area contributed by atoms with Crippen molar-refractivity contribution in [3.8, 4) is 0 Å². The van der Waals surface area contributed by atoms with Crippen LogP contribution in [0.25, 0.3) is 0 Å². The molecule has 2 bridgehead atoms. The van der Waals surface area contributed by atoms with Gasteiger partial charge in [0.15, 0.2) is 0 Å². The van der Waals surface area contributed by atoms with Crippen molar-refractivity contribution in [2.75, 3.05) is 0 Å². The average molecular weight is 423 g/mol. The van der Waals surface area contributed by atoms with Gasteiger partial charge in [0.1, 0.15) is 0 Å². The van der Waals surface area contributed by atoms with E-state index in [0.717, 1.165) is 12.8 Å². The topological polar surface area (TPSA) is 69.7 Å². The average Bonchev–Trinajstić information content (AvgIpc) is 2.67. The summed E-state index contributed by atoms with van der Waals surface area (Å²) < 4.78 is 69.3. The van der Waals surface area contributed by atoms with Crippen molar-refractivity contribution < 1.29 is 34.4 Å². The van der Waals surface area contributed by atoms with Crippen LogP contribution in [0.1, 0.15) is 40.5 Å². The molecule has 0 saturated heterocycles. The number of alkyl halides is 3. The molecule has 0 aromatic carbocycles. The monoisotopic (exact) mass is 424 g/mol. The van der Waals surface area contributed by atoms with Gasteiger partial charge in [-0.15, -0.1) is 0 Å². The molecule has 2 rings (SSSR count). The van der Waals surface area contributed by atoms with Crippen molar-refractivity contribution >= 4 is 31.4 Å². The van der Waals surface area contributed by atoms with Crippen LogP contribution in [0.15, 0.2) is 0 Å². The van der Waals surface area contributed by atoms with E-state index in [0.29, 0.717) is 0 Å². The van der Waals surface area contributed by atoms with Gasteiger partial charge in [0.25, 0.3) is 0 Å². The van der Waals surface area contributed by atoms with Gasteiger partial charge >= 0.3 is 139 Å². The van der Waals surface area contributed by atoms with Crippen molar-refractivity contribution in [1.82, 2.24) is 0 Å². The molecule has 2 aliphatic rings. The Bertz CT molecular complexity index is 603. The van der Waals surface area contributed by atoms with E-state index in [1.54, 1.807) is 0 Å². The summed E-state index contributed by atoms with van der Waals surface area (Å²) in [5.74, 6) is -0.570. The van der Waals surface area contributed by atoms with Gasteiger partial charge in [0, 0.05) is 0 Å². The van der Waals surface area contributed by atoms with E-state index in [1.165, 1.54) is 6.92 Å². The van der Waals surface area contributed by atoms with Crippen molar-refractivity contribution in [2.24, 2.45) is 16.7 Å². The van der Waals surface area contributed by atoms with E-state index in [4.69, 9.17) is 4.74 Å². The van der Waals surface area contributed by atoms with Crippen molar-refractivity contribution in [1.29, 1.82) is 0 Å². The van der Waals surface area contributed by atoms with Crippen LogP contribution in [-0.4, -0.2) is 41.3 Å². The number of ether oxygens (including phenoxy) is 1. The van der Waals surface area contributed by atoms with Crippen LogP contribution < -0.4 is 0 Å². The first-order chi connectivity index (χ1) is 10.2. The van der Waals surface area contributed by atoms with Crippen molar-refractivity contribution in [3.63, 3.8) is 0 Å². The molecule has 2 aliphatic carbocycles. The zero-order chi connectivity index (χ0) is 17.8. The predicted molar refractivity (Wildman–Crippen MR) is 75.7 cm³/mol. The molecule has 0 amide bonds. The van der Waals surface area contributed by atoms with Gasteiger partial charge in [0.2, 0.25) is 0 Å². The second kappa shape index (κ2) is 5.61. The molecule has 2 saturated carbocycles. The summed E-state index contributed by atoms with van der Waals surface area (Å²) in [6.07, 6.45) is 0.904. The normalized spacial score (nSPS) is 36.2. The zero-order valence-corrected chi connectivity index (χ0v) is 15.7. The molecule has 0 aliphatic heterocycles. The standard InChI is InChI=1S/C13H19F3O5SSe/c1-7(17)20-10-9(23-21-22(18,19)13(14,15)16)8-5-6-12(10,4)11(8,2)3/h8-10H,5-6H2,1-4H3/t8-,9+,10-,12+/m1/s1. The predicted octanol–water partition coefficient (Wildman–Crippen LogP) is 2.65. The zero-order valence-electron chi connectivity index (χ0n) is 13.1. The maximum atomic E-state index is 12.4. The fraction of sp³-hybridized carbons (Fsp3) is 0.923. The van der Waals surface area contributed by atoms with E-state index >= 15 is 0 Å². The number of hydrogen-bond acceptors (Lipinski definition) is 5. The number of fused-ring (bicyclic) bond motifs is 2. The van der Waals surface area contributed by atoms with Crippen molar-refractivity contribution in [3.05, 3.63) is 0 Å². The third-order valence-corrected chi connectivity index (χ3v) is 9.63. The summed E-state index contributed by atoms with van der Waals surface area (Å²) in [5.41, 5.74) is -6.12. The number of esters is 1. The van der Waals surface area contributed by atoms with Crippen LogP contribution in [0.2, 0.25) is 4.82 Å². The fourth-order valence-electron chi connectivity index (χ4n) is 3.85. The van der Waals surface area contributed by atoms with E-state index in [1.807, 2.05) is 20.8 Å². The summed E-state index contributed by atoms with van der Waals surface area (Å²) in [5, 5.41) is 0. The van der Waals surface area contributed by atoms with E-state index < -0.39 is 53.2 Å². The van der Waals surface area contributed by atoms with Gasteiger partial charge in [-0.3, -0.25) is 0 Å². The Kier molecular flexibility index (Phi) is 4.64. The van der Waals surface area contributed by atoms with Crippen LogP contribution in [-0.2, 0) is 22.9 Å². The molecule has 0 heterocycles. The minimum absolute atomic E-state index is 0.0414. The van der Waals surface area contributed by atoms with Gasteiger partial charge in [-0.1, -0.05) is 0 Å². The molecule has 5 nitrogen and oxygen atoms in total. The summed E-state index contributed by atoms with van der Waals surface area (Å²) in [6.45, 7) is 7.14. The Morgan fingerprint density at radius 1 is 1.26 bits per heavy atom. The molecular weight excluding hydrogens is 404 g/mol. The molecule has 4 atom stereocenters. The first-order valence-corrected chi connectivity index (χ1v) is 10.2. The number of carbonyl (C=O) groups is 1. The number of rotatable bonds is 4. The SMILES string of the molecule is CC(=O)O[C@@H]1[C@@H]([Se]OS(=O)(=O)C(F)(F)F)[C@H]2CC[C@]1(C)C2(C)C. The first-order valence-electron chi connectivity index (χ1n) is 7.07. The third-order valence-electron chi connectivity index (χ3n) is 5.51. The second-order valence-electron chi connectivity index (χ2n) is 6.84. The van der Waals surface area contributed by atoms with Crippen LogP contribution in [0.3, 0.4) is 0 Å². The Morgan fingerprint density at radius 2 is 1.83 bits per heavy atom. The maximum absolute atomic E-state index is 12.4. The van der Waals surface area contributed by atoms with Gasteiger partial charge in [0.05, 0.1) is 0 Å². The molecule has 0 aromatic heterocycles. The number of carbonyl (C=O) groups excluding carboxylic acids is 1. The van der Waals surface area contributed by atoms with Gasteiger partial charge in [-0.25, -0.2) is 0 Å². The van der Waals surface area contributed by atoms with Gasteiger partial charge < -0.3 is 0 Å². The molecule has 0 N–H and O–H groups in total. The van der Waals surface area contributed by atoms with Crippen LogP contribution in [0.5, 0.6) is 0 Å². The quantitative estimate of drug-likeness (QED) is 0.395. The van der Waals surface area contributed by atoms with E-state index in [-0.39, 0.29) is 11.3 Å². The van der Waals surface area contributed by atoms with E-state index in [9.17, 15) is 26.4 Å². The summed E-state index contributed by atoms with van der Waals surface area (Å²) in [7, 11) is -5.62. The minimum atomic E-state index is -5.62. The summed E-state index contributed by atoms with van der Waals surface area (Å²) in [4.78, 5) is 10.9. The second-order valence-corrected chi connectivity index (χ2v) is 10.8. The molecule has 10 heteroatoms. The Morgan fingerprint density at radius 3 is 2.30 bits per heavy atom. The van der Waals surface area contributed by atoms with Gasteiger partial charge in [-0.2, -0.15) is 0 Å². The molecule has 0 unspecified atom stereocenters. The van der Waals surface area contributed by atoms with Gasteiger partial charge in [-0.05, 0) is 0 Å². The summed E-state index contributed by atoms with van der Waals surface area (Å²) >= 11 is -1.30. The van der Waals surface area contributed by atoms with Crippen LogP contribution in [0.4, 0.5) is 13.2 Å². The molecule has 0 aromatic rings. The third kappa shape index (κ3) is 2.92. The fourth-order valence-corrected chi connectivity index (χ4v) is 8.07. The number of halogens is 3. The molecular formula is C13H19F3O5SSe. The first kappa shape index (κ1) is 19.0. The Balaban J connectivity index is 2.25. The Labute approximate surface area is 139 Å². The van der Waals surface area contributed by atoms with Crippen LogP contribution in [0, 0.1) is 16.7 Å².